The average molecular weight is 246 g/mol. The molecule has 0 aliphatic carbocycles. The van der Waals surface area contributed by atoms with Crippen molar-refractivity contribution in [3.05, 3.63) is 36.0 Å². The van der Waals surface area contributed by atoms with Crippen molar-refractivity contribution in [1.82, 2.24) is 4.98 Å². The van der Waals surface area contributed by atoms with Gasteiger partial charge in [-0.25, -0.2) is 0 Å². The third kappa shape index (κ3) is 2.60. The molecule has 0 amide bonds. The maximum atomic E-state index is 9.13. The first kappa shape index (κ1) is 12.8. The molecule has 1 aromatic carbocycles. The number of benzene rings is 1. The van der Waals surface area contributed by atoms with Gasteiger partial charge in [0.25, 0.3) is 0 Å². The Bertz CT molecular complexity index is 522. The zero-order valence-electron chi connectivity index (χ0n) is 10.5. The van der Waals surface area contributed by atoms with Gasteiger partial charge in [0, 0.05) is 29.9 Å². The molecule has 0 spiro atoms. The van der Waals surface area contributed by atoms with E-state index >= 15 is 0 Å². The standard InChI is InChI=1S/C14H18N2O2/c1-11-10-14(16(6-8-17)7-9-18)12-4-2-3-5-13(12)15-11/h2-5,10,17-18H,6-9H2,1H3. The minimum absolute atomic E-state index is 0.0652. The van der Waals surface area contributed by atoms with Crippen molar-refractivity contribution in [2.24, 2.45) is 0 Å². The highest BCUT2D eigenvalue weighted by atomic mass is 16.3. The number of hydrogen-bond donors (Lipinski definition) is 2. The summed E-state index contributed by atoms with van der Waals surface area (Å²) in [4.78, 5) is 6.47. The summed E-state index contributed by atoms with van der Waals surface area (Å²) in [6.07, 6.45) is 0. The van der Waals surface area contributed by atoms with E-state index in [4.69, 9.17) is 10.2 Å². The van der Waals surface area contributed by atoms with E-state index in [2.05, 4.69) is 4.98 Å². The Morgan fingerprint density at radius 2 is 1.78 bits per heavy atom. The molecule has 2 aromatic rings. The van der Waals surface area contributed by atoms with Crippen LogP contribution in [0.5, 0.6) is 0 Å². The summed E-state index contributed by atoms with van der Waals surface area (Å²) >= 11 is 0. The number of anilines is 1. The number of nitrogens with zero attached hydrogens (tertiary/aromatic N) is 2. The van der Waals surface area contributed by atoms with Crippen molar-refractivity contribution in [2.75, 3.05) is 31.2 Å². The molecule has 0 atom stereocenters. The van der Waals surface area contributed by atoms with Crippen LogP contribution in [0.3, 0.4) is 0 Å². The Morgan fingerprint density at radius 3 is 2.44 bits per heavy atom. The predicted octanol–water partition coefficient (Wildman–Crippen LogP) is 1.33. The van der Waals surface area contributed by atoms with E-state index in [1.165, 1.54) is 0 Å². The Hall–Kier alpha value is -1.65. The maximum absolute atomic E-state index is 9.13. The fourth-order valence-corrected chi connectivity index (χ4v) is 2.14. The Kier molecular flexibility index (Phi) is 4.12. The number of para-hydroxylation sites is 1. The lowest BCUT2D eigenvalue weighted by Gasteiger charge is -2.24. The number of hydrogen-bond acceptors (Lipinski definition) is 4. The minimum atomic E-state index is 0.0652. The lowest BCUT2D eigenvalue weighted by molar-refractivity contribution is 0.281. The molecule has 2 rings (SSSR count). The molecule has 0 fully saturated rings. The minimum Gasteiger partial charge on any atom is -0.395 e. The quantitative estimate of drug-likeness (QED) is 0.835. The molecule has 0 saturated heterocycles. The second-order valence-electron chi connectivity index (χ2n) is 4.23. The predicted molar refractivity (Wildman–Crippen MR) is 72.9 cm³/mol. The lowest BCUT2D eigenvalue weighted by atomic mass is 10.1. The van der Waals surface area contributed by atoms with Crippen molar-refractivity contribution < 1.29 is 10.2 Å². The van der Waals surface area contributed by atoms with Gasteiger partial charge in [-0.3, -0.25) is 4.98 Å². The molecule has 0 aliphatic rings. The zero-order valence-corrected chi connectivity index (χ0v) is 10.5. The van der Waals surface area contributed by atoms with Crippen LogP contribution in [-0.2, 0) is 0 Å². The van der Waals surface area contributed by atoms with Gasteiger partial charge in [0.15, 0.2) is 0 Å². The third-order valence-corrected chi connectivity index (χ3v) is 2.90. The van der Waals surface area contributed by atoms with E-state index in [1.54, 1.807) is 0 Å². The molecule has 1 aromatic heterocycles. The zero-order chi connectivity index (χ0) is 13.0. The van der Waals surface area contributed by atoms with Gasteiger partial charge >= 0.3 is 0 Å². The molecule has 18 heavy (non-hydrogen) atoms. The number of fused-ring (bicyclic) bond motifs is 1. The average Bonchev–Trinajstić information content (AvgIpc) is 2.37. The van der Waals surface area contributed by atoms with Crippen LogP contribution in [0, 0.1) is 6.92 Å². The smallest absolute Gasteiger partial charge is 0.0726 e. The highest BCUT2D eigenvalue weighted by Crippen LogP contribution is 2.26. The number of aromatic nitrogens is 1. The highest BCUT2D eigenvalue weighted by Gasteiger charge is 2.10. The van der Waals surface area contributed by atoms with Gasteiger partial charge in [-0.05, 0) is 19.1 Å². The Balaban J connectivity index is 2.52. The molecule has 4 nitrogen and oxygen atoms in total. The van der Waals surface area contributed by atoms with Gasteiger partial charge < -0.3 is 15.1 Å². The highest BCUT2D eigenvalue weighted by molar-refractivity contribution is 5.91. The molecule has 0 unspecified atom stereocenters. The topological polar surface area (TPSA) is 56.6 Å². The molecule has 0 radical (unpaired) electrons. The molecule has 0 saturated carbocycles. The van der Waals surface area contributed by atoms with Crippen LogP contribution in [0.2, 0.25) is 0 Å². The molecule has 1 heterocycles. The summed E-state index contributed by atoms with van der Waals surface area (Å²) in [7, 11) is 0. The monoisotopic (exact) mass is 246 g/mol. The molecule has 0 bridgehead atoms. The fraction of sp³-hybridized carbons (Fsp3) is 0.357. The number of aliphatic hydroxyl groups excluding tert-OH is 2. The summed E-state index contributed by atoms with van der Waals surface area (Å²) in [6, 6.07) is 9.91. The lowest BCUT2D eigenvalue weighted by Crippen LogP contribution is -2.30. The van der Waals surface area contributed by atoms with E-state index in [9.17, 15) is 0 Å². The molecular formula is C14H18N2O2. The molecule has 2 N–H and O–H groups in total. The van der Waals surface area contributed by atoms with Crippen LogP contribution in [0.1, 0.15) is 5.69 Å². The summed E-state index contributed by atoms with van der Waals surface area (Å²) in [5.41, 5.74) is 2.89. The van der Waals surface area contributed by atoms with E-state index in [0.29, 0.717) is 13.1 Å². The number of aliphatic hydroxyl groups is 2. The third-order valence-electron chi connectivity index (χ3n) is 2.90. The first-order valence-corrected chi connectivity index (χ1v) is 6.09. The van der Waals surface area contributed by atoms with Gasteiger partial charge in [0.1, 0.15) is 0 Å². The largest absolute Gasteiger partial charge is 0.395 e. The van der Waals surface area contributed by atoms with E-state index in [0.717, 1.165) is 22.3 Å². The van der Waals surface area contributed by atoms with E-state index < -0.39 is 0 Å². The maximum Gasteiger partial charge on any atom is 0.0726 e. The summed E-state index contributed by atoms with van der Waals surface area (Å²) in [5.74, 6) is 0. The Labute approximate surface area is 107 Å². The van der Waals surface area contributed by atoms with Crippen molar-refractivity contribution >= 4 is 16.6 Å². The van der Waals surface area contributed by atoms with Gasteiger partial charge in [0.05, 0.1) is 18.7 Å². The van der Waals surface area contributed by atoms with E-state index in [-0.39, 0.29) is 13.2 Å². The summed E-state index contributed by atoms with van der Waals surface area (Å²) in [6.45, 7) is 3.10. The first-order chi connectivity index (χ1) is 8.76. The molecule has 4 heteroatoms. The van der Waals surface area contributed by atoms with Crippen LogP contribution in [-0.4, -0.2) is 41.5 Å². The van der Waals surface area contributed by atoms with E-state index in [1.807, 2.05) is 42.2 Å². The van der Waals surface area contributed by atoms with Crippen LogP contribution < -0.4 is 4.90 Å². The molecular weight excluding hydrogens is 228 g/mol. The second-order valence-corrected chi connectivity index (χ2v) is 4.23. The first-order valence-electron chi connectivity index (χ1n) is 6.09. The number of rotatable bonds is 5. The van der Waals surface area contributed by atoms with Gasteiger partial charge in [-0.2, -0.15) is 0 Å². The van der Waals surface area contributed by atoms with Crippen molar-refractivity contribution in [2.45, 2.75) is 6.92 Å². The van der Waals surface area contributed by atoms with Gasteiger partial charge in [-0.15, -0.1) is 0 Å². The molecule has 96 valence electrons. The second kappa shape index (κ2) is 5.80. The summed E-state index contributed by atoms with van der Waals surface area (Å²) in [5, 5.41) is 19.3. The number of aryl methyl sites for hydroxylation is 1. The normalized spacial score (nSPS) is 10.8. The van der Waals surface area contributed by atoms with Crippen molar-refractivity contribution in [3.8, 4) is 0 Å². The van der Waals surface area contributed by atoms with Gasteiger partial charge in [0.2, 0.25) is 0 Å². The van der Waals surface area contributed by atoms with Crippen LogP contribution in [0.4, 0.5) is 5.69 Å². The van der Waals surface area contributed by atoms with Crippen molar-refractivity contribution in [1.29, 1.82) is 0 Å². The Morgan fingerprint density at radius 1 is 1.11 bits per heavy atom. The van der Waals surface area contributed by atoms with Crippen LogP contribution in [0.25, 0.3) is 10.9 Å². The van der Waals surface area contributed by atoms with Crippen molar-refractivity contribution in [3.63, 3.8) is 0 Å². The van der Waals surface area contributed by atoms with Crippen LogP contribution >= 0.6 is 0 Å². The van der Waals surface area contributed by atoms with Crippen LogP contribution in [0.15, 0.2) is 30.3 Å². The fourth-order valence-electron chi connectivity index (χ4n) is 2.14. The number of pyridine rings is 1. The van der Waals surface area contributed by atoms with Gasteiger partial charge in [-0.1, -0.05) is 18.2 Å². The SMILES string of the molecule is Cc1cc(N(CCO)CCO)c2ccccc2n1. The summed E-state index contributed by atoms with van der Waals surface area (Å²) < 4.78 is 0. The molecule has 0 aliphatic heterocycles.